The van der Waals surface area contributed by atoms with Crippen molar-refractivity contribution in [2.75, 3.05) is 0 Å². The minimum absolute atomic E-state index is 0.0331. The highest BCUT2D eigenvalue weighted by Crippen LogP contribution is 2.46. The van der Waals surface area contributed by atoms with Crippen LogP contribution >= 0.6 is 11.3 Å². The molecule has 0 radical (unpaired) electrons. The molecular weight excluding hydrogens is 430 g/mol. The molecule has 1 spiro atoms. The molecule has 0 saturated carbocycles. The molecule has 1 saturated heterocycles. The number of aliphatic imine (C=N–C) groups is 2. The molecule has 2 aliphatic heterocycles. The van der Waals surface area contributed by atoms with E-state index in [1.165, 1.54) is 30.2 Å². The van der Waals surface area contributed by atoms with E-state index in [1.54, 1.807) is 24.3 Å². The van der Waals surface area contributed by atoms with Crippen LogP contribution < -0.4 is 5.43 Å². The van der Waals surface area contributed by atoms with Crippen LogP contribution in [0.15, 0.2) is 70.0 Å². The lowest BCUT2D eigenvalue weighted by atomic mass is 10.0. The van der Waals surface area contributed by atoms with E-state index >= 15 is 0 Å². The third-order valence-corrected chi connectivity index (χ3v) is 5.60. The lowest BCUT2D eigenvalue weighted by molar-refractivity contribution is -0.146. The number of amides is 1. The number of fused-ring (bicyclic) bond motifs is 2. The summed E-state index contributed by atoms with van der Waals surface area (Å²) < 4.78 is 11.5. The zero-order valence-electron chi connectivity index (χ0n) is 17.1. The number of hydrazine groups is 1. The molecule has 0 bridgehead atoms. The molecule has 5 rings (SSSR count). The average molecular weight is 447 g/mol. The summed E-state index contributed by atoms with van der Waals surface area (Å²) in [7, 11) is 0. The van der Waals surface area contributed by atoms with Gasteiger partial charge in [0.25, 0.3) is 5.90 Å². The molecule has 1 atom stereocenters. The zero-order chi connectivity index (χ0) is 22.3. The monoisotopic (exact) mass is 447 g/mol. The van der Waals surface area contributed by atoms with Crippen LogP contribution in [0.5, 0.6) is 0 Å². The first kappa shape index (κ1) is 19.9. The van der Waals surface area contributed by atoms with Gasteiger partial charge in [0, 0.05) is 24.8 Å². The number of carbonyl (C=O) groups excluding carboxylic acids is 2. The van der Waals surface area contributed by atoms with Gasteiger partial charge in [0.1, 0.15) is 0 Å². The van der Waals surface area contributed by atoms with Crippen molar-refractivity contribution in [2.45, 2.75) is 19.6 Å². The molecule has 2 aromatic carbocycles. The van der Waals surface area contributed by atoms with Crippen molar-refractivity contribution in [3.8, 4) is 11.3 Å². The van der Waals surface area contributed by atoms with Gasteiger partial charge < -0.3 is 9.47 Å². The Bertz CT molecular complexity index is 1290. The predicted molar refractivity (Wildman–Crippen MR) is 118 cm³/mol. The van der Waals surface area contributed by atoms with Crippen molar-refractivity contribution in [3.05, 3.63) is 65.5 Å². The third-order valence-electron chi connectivity index (χ3n) is 4.86. The van der Waals surface area contributed by atoms with E-state index in [4.69, 9.17) is 9.47 Å². The van der Waals surface area contributed by atoms with Crippen molar-refractivity contribution >= 4 is 46.0 Å². The molecule has 2 aliphatic rings. The van der Waals surface area contributed by atoms with Crippen LogP contribution in [0.1, 0.15) is 19.4 Å². The second-order valence-corrected chi connectivity index (χ2v) is 7.87. The van der Waals surface area contributed by atoms with Crippen molar-refractivity contribution in [3.63, 3.8) is 0 Å². The van der Waals surface area contributed by atoms with Crippen LogP contribution in [0.25, 0.3) is 11.3 Å². The lowest BCUT2D eigenvalue weighted by Crippen LogP contribution is -2.53. The van der Waals surface area contributed by atoms with Crippen LogP contribution in [-0.2, 0) is 24.8 Å². The van der Waals surface area contributed by atoms with E-state index in [2.05, 4.69) is 20.4 Å². The first-order valence-electron chi connectivity index (χ1n) is 9.70. The summed E-state index contributed by atoms with van der Waals surface area (Å²) in [6, 6.07) is 16.8. The quantitative estimate of drug-likeness (QED) is 0.602. The Hall–Kier alpha value is -4.05. The topological polar surface area (TPSA) is 105 Å². The van der Waals surface area contributed by atoms with E-state index in [0.717, 1.165) is 11.3 Å². The Morgan fingerprint density at radius 2 is 1.88 bits per heavy atom. The highest BCUT2D eigenvalue weighted by molar-refractivity contribution is 7.13. The number of amidine groups is 1. The maximum absolute atomic E-state index is 12.6. The third kappa shape index (κ3) is 3.21. The van der Waals surface area contributed by atoms with Crippen molar-refractivity contribution in [1.82, 2.24) is 15.4 Å². The van der Waals surface area contributed by atoms with Crippen LogP contribution in [0.2, 0.25) is 0 Å². The molecule has 160 valence electrons. The predicted octanol–water partition coefficient (Wildman–Crippen LogP) is 3.64. The number of esters is 1. The van der Waals surface area contributed by atoms with Crippen molar-refractivity contribution < 1.29 is 19.1 Å². The number of benzene rings is 2. The van der Waals surface area contributed by atoms with Crippen LogP contribution in [0.4, 0.5) is 10.8 Å². The Labute approximate surface area is 187 Å². The normalized spacial score (nSPS) is 20.0. The van der Waals surface area contributed by atoms with Crippen LogP contribution in [-0.4, -0.2) is 33.8 Å². The highest BCUT2D eigenvalue weighted by atomic mass is 32.1. The van der Waals surface area contributed by atoms with Gasteiger partial charge in [-0.25, -0.2) is 15.4 Å². The number of carbonyl (C=O) groups is 2. The molecule has 3 aromatic rings. The minimum atomic E-state index is -1.59. The van der Waals surface area contributed by atoms with Gasteiger partial charge >= 0.3 is 17.7 Å². The number of aromatic nitrogens is 1. The Kier molecular flexibility index (Phi) is 4.71. The molecule has 1 N–H and O–H groups in total. The Morgan fingerprint density at radius 1 is 1.12 bits per heavy atom. The fraction of sp³-hybridized carbons (Fsp3) is 0.136. The smallest absolute Gasteiger partial charge is 0.314 e. The summed E-state index contributed by atoms with van der Waals surface area (Å²) in [6.45, 7) is 2.62. The van der Waals surface area contributed by atoms with Gasteiger partial charge in [-0.15, -0.1) is 11.3 Å². The van der Waals surface area contributed by atoms with Gasteiger partial charge in [0.05, 0.1) is 16.9 Å². The fourth-order valence-electron chi connectivity index (χ4n) is 3.58. The zero-order valence-corrected chi connectivity index (χ0v) is 17.9. The van der Waals surface area contributed by atoms with E-state index < -0.39 is 11.7 Å². The highest BCUT2D eigenvalue weighted by Gasteiger charge is 2.60. The number of nitrogens with zero attached hydrogens (tertiary/aromatic N) is 4. The van der Waals surface area contributed by atoms with E-state index in [9.17, 15) is 9.59 Å². The molecular formula is C22H17N5O4S. The first-order chi connectivity index (χ1) is 15.5. The van der Waals surface area contributed by atoms with Crippen molar-refractivity contribution in [2.24, 2.45) is 9.98 Å². The Balaban J connectivity index is 1.55. The van der Waals surface area contributed by atoms with E-state index in [1.807, 2.05) is 35.7 Å². The Morgan fingerprint density at radius 3 is 2.62 bits per heavy atom. The van der Waals surface area contributed by atoms with Gasteiger partial charge in [-0.1, -0.05) is 48.5 Å². The van der Waals surface area contributed by atoms with Gasteiger partial charge in [0.15, 0.2) is 0 Å². The van der Waals surface area contributed by atoms with E-state index in [0.29, 0.717) is 16.4 Å². The van der Waals surface area contributed by atoms with Crippen LogP contribution in [0.3, 0.4) is 0 Å². The molecule has 1 unspecified atom stereocenters. The molecule has 10 heteroatoms. The van der Waals surface area contributed by atoms with Crippen molar-refractivity contribution in [1.29, 1.82) is 0 Å². The largest absolute Gasteiger partial charge is 0.421 e. The summed E-state index contributed by atoms with van der Waals surface area (Å²) >= 11 is 1.33. The average Bonchev–Trinajstić information content (AvgIpc) is 3.47. The number of ether oxygens (including phenoxy) is 2. The summed E-state index contributed by atoms with van der Waals surface area (Å²) in [4.78, 5) is 37.7. The fourth-order valence-corrected chi connectivity index (χ4v) is 4.27. The molecule has 3 heterocycles. The van der Waals surface area contributed by atoms with Gasteiger partial charge in [-0.3, -0.25) is 9.59 Å². The molecule has 1 amide bonds. The molecule has 0 aliphatic carbocycles. The second kappa shape index (κ2) is 7.57. The summed E-state index contributed by atoms with van der Waals surface area (Å²) in [6.07, 6.45) is 0. The molecule has 1 fully saturated rings. The summed E-state index contributed by atoms with van der Waals surface area (Å²) in [5.41, 5.74) is 4.10. The molecule has 9 nitrogen and oxygen atoms in total. The summed E-state index contributed by atoms with van der Waals surface area (Å²) in [5, 5.41) is 3.54. The van der Waals surface area contributed by atoms with E-state index in [-0.39, 0.29) is 17.8 Å². The SMILES string of the molecule is CC(=O)OC1=Nc2ccccc2C12O/C(=N/c1nc(-c3ccccc3)cs1)NN2C(C)=O. The maximum atomic E-state index is 12.6. The molecule has 1 aromatic heterocycles. The number of para-hydroxylation sites is 1. The lowest BCUT2D eigenvalue weighted by Gasteiger charge is -2.30. The summed E-state index contributed by atoms with van der Waals surface area (Å²) in [5.74, 6) is -1.03. The van der Waals surface area contributed by atoms with Gasteiger partial charge in [-0.2, -0.15) is 10.0 Å². The standard InChI is InChI=1S/C22H17N5O4S/c1-13(28)27-22(16-10-6-7-11-17(16)23-19(22)30-14(2)29)31-20(26-27)25-21-24-18(12-32-21)15-8-4-3-5-9-15/h3-12H,1-2H3,(H,24,25,26). The van der Waals surface area contributed by atoms with Gasteiger partial charge in [0.2, 0.25) is 11.0 Å². The first-order valence-corrected chi connectivity index (χ1v) is 10.6. The van der Waals surface area contributed by atoms with Gasteiger partial charge in [-0.05, 0) is 6.07 Å². The number of nitrogens with one attached hydrogen (secondary N) is 1. The molecule has 32 heavy (non-hydrogen) atoms. The number of rotatable bonds is 2. The minimum Gasteiger partial charge on any atom is -0.421 e. The van der Waals surface area contributed by atoms with Crippen LogP contribution in [0, 0.1) is 0 Å². The number of hydrogen-bond donors (Lipinski definition) is 1. The maximum Gasteiger partial charge on any atom is 0.314 e. The number of hydrogen-bond acceptors (Lipinski definition) is 8. The number of thiazole rings is 1. The second-order valence-electron chi connectivity index (χ2n) is 7.04.